The van der Waals surface area contributed by atoms with E-state index in [4.69, 9.17) is 4.42 Å². The van der Waals surface area contributed by atoms with Crippen molar-refractivity contribution < 1.29 is 14.0 Å². The third-order valence-electron chi connectivity index (χ3n) is 2.12. The molecule has 0 radical (unpaired) electrons. The zero-order chi connectivity index (χ0) is 15.8. The number of hydrogen-bond acceptors (Lipinski definition) is 7. The Morgan fingerprint density at radius 2 is 2.00 bits per heavy atom. The molecule has 0 atom stereocenters. The lowest BCUT2D eigenvalue weighted by Crippen LogP contribution is -2.40. The molecule has 0 saturated carbocycles. The van der Waals surface area contributed by atoms with E-state index in [0.29, 0.717) is 17.7 Å². The van der Waals surface area contributed by atoms with Crippen LogP contribution in [0.3, 0.4) is 0 Å². The molecule has 8 nitrogen and oxygen atoms in total. The van der Waals surface area contributed by atoms with E-state index >= 15 is 0 Å². The van der Waals surface area contributed by atoms with Crippen LogP contribution in [0.1, 0.15) is 19.7 Å². The molecule has 1 aromatic heterocycles. The number of nitrogens with one attached hydrogen (secondary N) is 2. The molecular weight excluding hydrogens is 294 g/mol. The van der Waals surface area contributed by atoms with Gasteiger partial charge in [-0.15, -0.1) is 10.2 Å². The first-order valence-corrected chi connectivity index (χ1v) is 7.51. The van der Waals surface area contributed by atoms with Crippen molar-refractivity contribution in [3.05, 3.63) is 5.89 Å². The van der Waals surface area contributed by atoms with Gasteiger partial charge in [0.05, 0.1) is 18.8 Å². The maximum Gasteiger partial charge on any atom is 0.277 e. The predicted octanol–water partition coefficient (Wildman–Crippen LogP) is -0.136. The summed E-state index contributed by atoms with van der Waals surface area (Å²) in [5, 5.41) is 13.3. The van der Waals surface area contributed by atoms with Crippen LogP contribution in [0.5, 0.6) is 0 Å². The van der Waals surface area contributed by atoms with Crippen molar-refractivity contribution in [3.8, 4) is 0 Å². The van der Waals surface area contributed by atoms with E-state index in [1.807, 2.05) is 32.8 Å². The second kappa shape index (κ2) is 8.63. The second-order valence-corrected chi connectivity index (χ2v) is 5.91. The van der Waals surface area contributed by atoms with E-state index < -0.39 is 0 Å². The van der Waals surface area contributed by atoms with Crippen molar-refractivity contribution in [2.24, 2.45) is 0 Å². The van der Waals surface area contributed by atoms with E-state index in [-0.39, 0.29) is 30.2 Å². The van der Waals surface area contributed by atoms with Crippen molar-refractivity contribution in [1.29, 1.82) is 0 Å². The lowest BCUT2D eigenvalue weighted by Gasteiger charge is -2.08. The standard InChI is InChI=1S/C12H21N5O3S/c1-8(2)14-9(18)5-13-10(19)7-21-12-16-15-11(20-12)6-17(3)4/h8H,5-7H2,1-4H3,(H,13,19)(H,14,18). The van der Waals surface area contributed by atoms with Gasteiger partial charge in [0.2, 0.25) is 17.7 Å². The number of amides is 2. The van der Waals surface area contributed by atoms with Crippen LogP contribution in [0, 0.1) is 0 Å². The second-order valence-electron chi connectivity index (χ2n) is 4.99. The lowest BCUT2D eigenvalue weighted by atomic mass is 10.4. The highest BCUT2D eigenvalue weighted by Gasteiger charge is 2.11. The first-order chi connectivity index (χ1) is 9.86. The van der Waals surface area contributed by atoms with Crippen LogP contribution in [0.15, 0.2) is 9.64 Å². The fraction of sp³-hybridized carbons (Fsp3) is 0.667. The van der Waals surface area contributed by atoms with Crippen LogP contribution < -0.4 is 10.6 Å². The van der Waals surface area contributed by atoms with Gasteiger partial charge in [-0.3, -0.25) is 9.59 Å². The molecule has 0 aliphatic rings. The number of nitrogens with zero attached hydrogens (tertiary/aromatic N) is 3. The molecule has 1 rings (SSSR count). The summed E-state index contributed by atoms with van der Waals surface area (Å²) in [5.74, 6) is 0.151. The monoisotopic (exact) mass is 315 g/mol. The van der Waals surface area contributed by atoms with Crippen molar-refractivity contribution in [2.75, 3.05) is 26.4 Å². The smallest absolute Gasteiger partial charge is 0.277 e. The highest BCUT2D eigenvalue weighted by atomic mass is 32.2. The van der Waals surface area contributed by atoms with Gasteiger partial charge in [-0.25, -0.2) is 0 Å². The third kappa shape index (κ3) is 7.66. The topological polar surface area (TPSA) is 100 Å². The molecule has 1 heterocycles. The largest absolute Gasteiger partial charge is 0.415 e. The van der Waals surface area contributed by atoms with Gasteiger partial charge in [0, 0.05) is 6.04 Å². The zero-order valence-electron chi connectivity index (χ0n) is 12.7. The summed E-state index contributed by atoms with van der Waals surface area (Å²) in [4.78, 5) is 24.8. The molecule has 9 heteroatoms. The Hall–Kier alpha value is -1.61. The average Bonchev–Trinajstić information content (AvgIpc) is 2.79. The maximum atomic E-state index is 11.6. The van der Waals surface area contributed by atoms with Crippen molar-refractivity contribution in [1.82, 2.24) is 25.7 Å². The first kappa shape index (κ1) is 17.4. The van der Waals surface area contributed by atoms with Gasteiger partial charge in [0.25, 0.3) is 5.22 Å². The Morgan fingerprint density at radius 3 is 2.62 bits per heavy atom. The molecule has 0 fully saturated rings. The van der Waals surface area contributed by atoms with Crippen molar-refractivity contribution >= 4 is 23.6 Å². The fourth-order valence-corrected chi connectivity index (χ4v) is 1.97. The van der Waals surface area contributed by atoms with Crippen molar-refractivity contribution in [2.45, 2.75) is 31.7 Å². The Labute approximate surface area is 128 Å². The molecule has 0 saturated heterocycles. The summed E-state index contributed by atoms with van der Waals surface area (Å²) >= 11 is 1.14. The summed E-state index contributed by atoms with van der Waals surface area (Å²) in [6.07, 6.45) is 0. The Morgan fingerprint density at radius 1 is 1.29 bits per heavy atom. The number of carbonyl (C=O) groups excluding carboxylic acids is 2. The van der Waals surface area contributed by atoms with Gasteiger partial charge in [-0.05, 0) is 27.9 Å². The molecule has 118 valence electrons. The number of thioether (sulfide) groups is 1. The van der Waals surface area contributed by atoms with E-state index in [0.717, 1.165) is 11.8 Å². The Bertz CT molecular complexity index is 475. The van der Waals surface area contributed by atoms with Crippen LogP contribution in [-0.4, -0.2) is 59.3 Å². The number of rotatable bonds is 8. The van der Waals surface area contributed by atoms with E-state index in [1.54, 1.807) is 0 Å². The predicted molar refractivity (Wildman–Crippen MR) is 78.7 cm³/mol. The minimum atomic E-state index is -0.258. The summed E-state index contributed by atoms with van der Waals surface area (Å²) < 4.78 is 5.36. The SMILES string of the molecule is CC(C)NC(=O)CNC(=O)CSc1nnc(CN(C)C)o1. The summed E-state index contributed by atoms with van der Waals surface area (Å²) in [6, 6.07) is 0.0530. The number of aromatic nitrogens is 2. The van der Waals surface area contributed by atoms with Gasteiger partial charge >= 0.3 is 0 Å². The summed E-state index contributed by atoms with van der Waals surface area (Å²) in [7, 11) is 3.79. The summed E-state index contributed by atoms with van der Waals surface area (Å²) in [6.45, 7) is 4.23. The van der Waals surface area contributed by atoms with Crippen LogP contribution in [0.4, 0.5) is 0 Å². The van der Waals surface area contributed by atoms with E-state index in [2.05, 4.69) is 20.8 Å². The number of hydrogen-bond donors (Lipinski definition) is 2. The van der Waals surface area contributed by atoms with Crippen LogP contribution in [0.25, 0.3) is 0 Å². The van der Waals surface area contributed by atoms with Gasteiger partial charge in [0.15, 0.2) is 0 Å². The summed E-state index contributed by atoms with van der Waals surface area (Å²) in [5.41, 5.74) is 0. The minimum Gasteiger partial charge on any atom is -0.415 e. The molecule has 0 spiro atoms. The highest BCUT2D eigenvalue weighted by Crippen LogP contribution is 2.15. The normalized spacial score (nSPS) is 11.0. The third-order valence-corrected chi connectivity index (χ3v) is 2.94. The van der Waals surface area contributed by atoms with Crippen LogP contribution >= 0.6 is 11.8 Å². The highest BCUT2D eigenvalue weighted by molar-refractivity contribution is 7.99. The van der Waals surface area contributed by atoms with E-state index in [1.165, 1.54) is 0 Å². The number of carbonyl (C=O) groups is 2. The van der Waals surface area contributed by atoms with Crippen molar-refractivity contribution in [3.63, 3.8) is 0 Å². The Kier molecular flexibility index (Phi) is 7.17. The van der Waals surface area contributed by atoms with E-state index in [9.17, 15) is 9.59 Å². The van der Waals surface area contributed by atoms with Gasteiger partial charge in [0.1, 0.15) is 0 Å². The average molecular weight is 315 g/mol. The minimum absolute atomic E-state index is 0.0344. The maximum absolute atomic E-state index is 11.6. The van der Waals surface area contributed by atoms with Crippen LogP contribution in [0.2, 0.25) is 0 Å². The van der Waals surface area contributed by atoms with Crippen LogP contribution in [-0.2, 0) is 16.1 Å². The lowest BCUT2D eigenvalue weighted by molar-refractivity contribution is -0.125. The molecular formula is C12H21N5O3S. The molecule has 0 aliphatic carbocycles. The van der Waals surface area contributed by atoms with Gasteiger partial charge < -0.3 is 20.0 Å². The van der Waals surface area contributed by atoms with Gasteiger partial charge in [-0.1, -0.05) is 11.8 Å². The molecule has 21 heavy (non-hydrogen) atoms. The molecule has 0 bridgehead atoms. The zero-order valence-corrected chi connectivity index (χ0v) is 13.5. The van der Waals surface area contributed by atoms with Gasteiger partial charge in [-0.2, -0.15) is 0 Å². The quantitative estimate of drug-likeness (QED) is 0.644. The molecule has 1 aromatic rings. The molecule has 2 N–H and O–H groups in total. The Balaban J connectivity index is 2.26. The fourth-order valence-electron chi connectivity index (χ4n) is 1.36. The molecule has 2 amide bonds. The first-order valence-electron chi connectivity index (χ1n) is 6.52. The molecule has 0 unspecified atom stereocenters. The molecule has 0 aliphatic heterocycles. The molecule has 0 aromatic carbocycles.